The molecule has 0 bridgehead atoms. The summed E-state index contributed by atoms with van der Waals surface area (Å²) in [5, 5.41) is 3.91. The topological polar surface area (TPSA) is 80.9 Å². The number of esters is 1. The van der Waals surface area contributed by atoms with Gasteiger partial charge in [-0.2, -0.15) is 5.10 Å². The Hall–Kier alpha value is -3.19. The van der Waals surface area contributed by atoms with Gasteiger partial charge in [-0.05, 0) is 42.5 Å². The lowest BCUT2D eigenvalue weighted by Gasteiger charge is -2.01. The van der Waals surface area contributed by atoms with Gasteiger partial charge in [0.25, 0.3) is 5.91 Å². The summed E-state index contributed by atoms with van der Waals surface area (Å²) < 4.78 is 11.2. The predicted octanol–water partition coefficient (Wildman–Crippen LogP) is 4.26. The second-order valence-electron chi connectivity index (χ2n) is 5.48. The summed E-state index contributed by atoms with van der Waals surface area (Å²) in [6.45, 7) is 0. The lowest BCUT2D eigenvalue weighted by Crippen LogP contribution is -2.17. The van der Waals surface area contributed by atoms with E-state index < -0.39 is 5.97 Å². The summed E-state index contributed by atoms with van der Waals surface area (Å²) in [7, 11) is 1.33. The number of amides is 1. The molecule has 1 N–H and O–H groups in total. The first kappa shape index (κ1) is 18.6. The van der Waals surface area contributed by atoms with E-state index in [0.717, 1.165) is 10.0 Å². The standard InChI is InChI=1S/C20H15BrN2O4/c1-26-20(25)15-6-2-4-13(10-15)18-9-8-17(27-18)12-22-23-19(24)14-5-3-7-16(21)11-14/h2-12H,1H3,(H,23,24)/b22-12-. The molecular weight excluding hydrogens is 412 g/mol. The van der Waals surface area contributed by atoms with Gasteiger partial charge in [0.2, 0.25) is 0 Å². The van der Waals surface area contributed by atoms with Crippen LogP contribution in [-0.4, -0.2) is 25.2 Å². The molecule has 3 aromatic rings. The number of nitrogens with one attached hydrogen (secondary N) is 1. The smallest absolute Gasteiger partial charge is 0.337 e. The summed E-state index contributed by atoms with van der Waals surface area (Å²) in [6.07, 6.45) is 1.41. The zero-order valence-corrected chi connectivity index (χ0v) is 15.9. The number of furan rings is 1. The van der Waals surface area contributed by atoms with Crippen LogP contribution in [0.3, 0.4) is 0 Å². The number of carbonyl (C=O) groups excluding carboxylic acids is 2. The number of hydrogen-bond donors (Lipinski definition) is 1. The molecule has 136 valence electrons. The maximum absolute atomic E-state index is 12.0. The molecule has 27 heavy (non-hydrogen) atoms. The zero-order chi connectivity index (χ0) is 19.2. The fraction of sp³-hybridized carbons (Fsp3) is 0.0500. The van der Waals surface area contributed by atoms with Gasteiger partial charge in [0.15, 0.2) is 0 Å². The van der Waals surface area contributed by atoms with Crippen LogP contribution in [0.25, 0.3) is 11.3 Å². The molecule has 1 heterocycles. The van der Waals surface area contributed by atoms with Crippen LogP contribution in [0.4, 0.5) is 0 Å². The van der Waals surface area contributed by atoms with Gasteiger partial charge in [0.1, 0.15) is 11.5 Å². The van der Waals surface area contributed by atoms with Gasteiger partial charge in [0.05, 0.1) is 18.9 Å². The molecule has 1 amide bonds. The van der Waals surface area contributed by atoms with Crippen LogP contribution in [0, 0.1) is 0 Å². The highest BCUT2D eigenvalue weighted by Gasteiger charge is 2.09. The van der Waals surface area contributed by atoms with Crippen molar-refractivity contribution in [2.24, 2.45) is 5.10 Å². The molecule has 0 saturated heterocycles. The van der Waals surface area contributed by atoms with E-state index in [1.54, 1.807) is 48.5 Å². The van der Waals surface area contributed by atoms with Crippen molar-refractivity contribution < 1.29 is 18.7 Å². The summed E-state index contributed by atoms with van der Waals surface area (Å²) in [4.78, 5) is 23.7. The highest BCUT2D eigenvalue weighted by atomic mass is 79.9. The number of nitrogens with zero attached hydrogens (tertiary/aromatic N) is 1. The molecule has 0 aliphatic rings. The number of hydrogen-bond acceptors (Lipinski definition) is 5. The molecule has 0 atom stereocenters. The zero-order valence-electron chi connectivity index (χ0n) is 14.3. The van der Waals surface area contributed by atoms with Crippen molar-refractivity contribution in [2.75, 3.05) is 7.11 Å². The van der Waals surface area contributed by atoms with Crippen LogP contribution in [0.2, 0.25) is 0 Å². The number of ether oxygens (including phenoxy) is 1. The molecule has 0 saturated carbocycles. The first-order valence-corrected chi connectivity index (χ1v) is 8.73. The largest absolute Gasteiger partial charge is 0.465 e. The van der Waals surface area contributed by atoms with Gasteiger partial charge in [-0.3, -0.25) is 4.79 Å². The van der Waals surface area contributed by atoms with Crippen LogP contribution in [-0.2, 0) is 4.74 Å². The Morgan fingerprint density at radius 2 is 1.85 bits per heavy atom. The average Bonchev–Trinajstić information content (AvgIpc) is 3.16. The van der Waals surface area contributed by atoms with Crippen molar-refractivity contribution in [2.45, 2.75) is 0 Å². The summed E-state index contributed by atoms with van der Waals surface area (Å²) >= 11 is 3.32. The van der Waals surface area contributed by atoms with Gasteiger partial charge >= 0.3 is 5.97 Å². The van der Waals surface area contributed by atoms with E-state index >= 15 is 0 Å². The molecule has 0 spiro atoms. The lowest BCUT2D eigenvalue weighted by atomic mass is 10.1. The molecule has 0 fully saturated rings. The monoisotopic (exact) mass is 426 g/mol. The highest BCUT2D eigenvalue weighted by Crippen LogP contribution is 2.23. The summed E-state index contributed by atoms with van der Waals surface area (Å²) in [6, 6.07) is 17.4. The number of hydrazone groups is 1. The van der Waals surface area contributed by atoms with E-state index in [-0.39, 0.29) is 5.91 Å². The third-order valence-electron chi connectivity index (χ3n) is 3.64. The normalized spacial score (nSPS) is 10.7. The summed E-state index contributed by atoms with van der Waals surface area (Å²) in [5.41, 5.74) is 4.10. The van der Waals surface area contributed by atoms with E-state index in [4.69, 9.17) is 9.15 Å². The molecule has 6 nitrogen and oxygen atoms in total. The maximum Gasteiger partial charge on any atom is 0.337 e. The van der Waals surface area contributed by atoms with Gasteiger partial charge in [-0.15, -0.1) is 0 Å². The second kappa shape index (κ2) is 8.46. The van der Waals surface area contributed by atoms with Crippen LogP contribution >= 0.6 is 15.9 Å². The third kappa shape index (κ3) is 4.71. The average molecular weight is 427 g/mol. The molecule has 3 rings (SSSR count). The minimum absolute atomic E-state index is 0.329. The van der Waals surface area contributed by atoms with Gasteiger partial charge in [-0.1, -0.05) is 34.1 Å². The van der Waals surface area contributed by atoms with Crippen molar-refractivity contribution in [3.63, 3.8) is 0 Å². The van der Waals surface area contributed by atoms with Gasteiger partial charge in [0, 0.05) is 15.6 Å². The van der Waals surface area contributed by atoms with E-state index in [1.165, 1.54) is 13.3 Å². The number of halogens is 1. The fourth-order valence-electron chi connectivity index (χ4n) is 2.34. The first-order chi connectivity index (χ1) is 13.1. The SMILES string of the molecule is COC(=O)c1cccc(-c2ccc(/C=N\NC(=O)c3cccc(Br)c3)o2)c1. The van der Waals surface area contributed by atoms with Gasteiger partial charge < -0.3 is 9.15 Å². The third-order valence-corrected chi connectivity index (χ3v) is 4.13. The minimum Gasteiger partial charge on any atom is -0.465 e. The number of methoxy groups -OCH3 is 1. The molecule has 0 aliphatic carbocycles. The quantitative estimate of drug-likeness (QED) is 0.375. The van der Waals surface area contributed by atoms with Crippen LogP contribution in [0.15, 0.2) is 74.7 Å². The predicted molar refractivity (Wildman–Crippen MR) is 105 cm³/mol. The maximum atomic E-state index is 12.0. The van der Waals surface area contributed by atoms with Crippen molar-refractivity contribution in [1.29, 1.82) is 0 Å². The molecule has 0 aliphatic heterocycles. The van der Waals surface area contributed by atoms with Crippen LogP contribution in [0.1, 0.15) is 26.5 Å². The van der Waals surface area contributed by atoms with E-state index in [2.05, 4.69) is 26.5 Å². The van der Waals surface area contributed by atoms with Crippen molar-refractivity contribution in [3.05, 3.63) is 82.0 Å². The lowest BCUT2D eigenvalue weighted by molar-refractivity contribution is 0.0600. The molecule has 0 radical (unpaired) electrons. The first-order valence-electron chi connectivity index (χ1n) is 7.94. The number of benzene rings is 2. The second-order valence-corrected chi connectivity index (χ2v) is 6.40. The Labute approximate surface area is 164 Å². The van der Waals surface area contributed by atoms with E-state index in [1.807, 2.05) is 12.1 Å². The molecular formula is C20H15BrN2O4. The van der Waals surface area contributed by atoms with E-state index in [0.29, 0.717) is 22.6 Å². The Morgan fingerprint density at radius 1 is 1.07 bits per heavy atom. The van der Waals surface area contributed by atoms with Crippen LogP contribution < -0.4 is 5.43 Å². The number of carbonyl (C=O) groups is 2. The highest BCUT2D eigenvalue weighted by molar-refractivity contribution is 9.10. The fourth-order valence-corrected chi connectivity index (χ4v) is 2.74. The summed E-state index contributed by atoms with van der Waals surface area (Å²) in [5.74, 6) is 0.286. The van der Waals surface area contributed by atoms with Gasteiger partial charge in [-0.25, -0.2) is 10.2 Å². The molecule has 0 unspecified atom stereocenters. The Kier molecular flexibility index (Phi) is 5.83. The Morgan fingerprint density at radius 3 is 2.63 bits per heavy atom. The van der Waals surface area contributed by atoms with Crippen molar-refractivity contribution in [3.8, 4) is 11.3 Å². The molecule has 1 aromatic heterocycles. The van der Waals surface area contributed by atoms with Crippen molar-refractivity contribution >= 4 is 34.0 Å². The van der Waals surface area contributed by atoms with Crippen molar-refractivity contribution in [1.82, 2.24) is 5.43 Å². The van der Waals surface area contributed by atoms with Crippen LogP contribution in [0.5, 0.6) is 0 Å². The minimum atomic E-state index is -0.416. The van der Waals surface area contributed by atoms with E-state index in [9.17, 15) is 9.59 Å². The Balaban J connectivity index is 1.68. The molecule has 7 heteroatoms. The number of rotatable bonds is 5. The molecule has 2 aromatic carbocycles. The Bertz CT molecular complexity index is 1010.